The number of amides is 1. The molecule has 17 nitrogen and oxygen atoms in total. The lowest BCUT2D eigenvalue weighted by Gasteiger charge is -2.42. The van der Waals surface area contributed by atoms with E-state index in [1.807, 2.05) is 0 Å². The second kappa shape index (κ2) is 17.7. The van der Waals surface area contributed by atoms with E-state index in [0.717, 1.165) is 0 Å². The fourth-order valence-electron chi connectivity index (χ4n) is 3.22. The standard InChI is InChI=1S/C19H37N5O12/c20-24-23-4-6-34-5-1-13(29)22-3-2-21-7-10(27)14(30)18(11(28)8-25)36-19-17(33)16(32)15(31)12(9-26)35-19/h10-12,14-19,21,25-28,30-33H,1-9H2,(H,22,29)/t10-,11+,12+,14+,15+,16-,17+,18+,19+/m0/s1. The van der Waals surface area contributed by atoms with E-state index in [0.29, 0.717) is 0 Å². The molecule has 0 aromatic heterocycles. The predicted molar refractivity (Wildman–Crippen MR) is 119 cm³/mol. The molecule has 1 rings (SSSR count). The first-order chi connectivity index (χ1) is 17.2. The molecule has 17 heteroatoms. The van der Waals surface area contributed by atoms with Gasteiger partial charge in [0.1, 0.15) is 42.7 Å². The van der Waals surface area contributed by atoms with Gasteiger partial charge in [-0.3, -0.25) is 4.79 Å². The third-order valence-electron chi connectivity index (χ3n) is 5.29. The molecule has 36 heavy (non-hydrogen) atoms. The summed E-state index contributed by atoms with van der Waals surface area (Å²) in [6.07, 6.45) is -14.9. The number of rotatable bonds is 18. The number of nitrogens with one attached hydrogen (secondary N) is 2. The van der Waals surface area contributed by atoms with E-state index in [1.165, 1.54) is 0 Å². The van der Waals surface area contributed by atoms with E-state index >= 15 is 0 Å². The van der Waals surface area contributed by atoms with Crippen LogP contribution in [0.4, 0.5) is 0 Å². The molecular formula is C19H37N5O12. The van der Waals surface area contributed by atoms with Crippen molar-refractivity contribution in [2.45, 2.75) is 61.5 Å². The molecule has 9 atom stereocenters. The maximum atomic E-state index is 11.7. The Balaban J connectivity index is 2.45. The minimum atomic E-state index is -1.82. The van der Waals surface area contributed by atoms with E-state index in [2.05, 4.69) is 20.7 Å². The molecule has 1 aliphatic rings. The monoisotopic (exact) mass is 527 g/mol. The third kappa shape index (κ3) is 10.7. The number of hydrogen-bond donors (Lipinski definition) is 10. The summed E-state index contributed by atoms with van der Waals surface area (Å²) in [5, 5.41) is 87.8. The molecule has 1 heterocycles. The SMILES string of the molecule is [N-]=[N+]=NCCOCCC(=O)NCCNC[C@H](O)[C@@H](O)[C@H](O[C@H]1O[C@H](CO)[C@@H](O)[C@H](O)[C@H]1O)[C@H](O)CO. The summed E-state index contributed by atoms with van der Waals surface area (Å²) >= 11 is 0. The minimum absolute atomic E-state index is 0.0909. The summed E-state index contributed by atoms with van der Waals surface area (Å²) in [6.45, 7) is -0.932. The van der Waals surface area contributed by atoms with Crippen LogP contribution < -0.4 is 10.6 Å². The lowest BCUT2D eigenvalue weighted by Crippen LogP contribution is -2.61. The molecule has 0 saturated carbocycles. The Hall–Kier alpha value is -1.70. The Morgan fingerprint density at radius 2 is 1.78 bits per heavy atom. The first-order valence-electron chi connectivity index (χ1n) is 11.3. The molecular weight excluding hydrogens is 490 g/mol. The Bertz CT molecular complexity index is 671. The van der Waals surface area contributed by atoms with Crippen molar-refractivity contribution in [3.8, 4) is 0 Å². The van der Waals surface area contributed by atoms with Crippen LogP contribution in [0.2, 0.25) is 0 Å². The molecule has 1 amide bonds. The van der Waals surface area contributed by atoms with Crippen LogP contribution in [-0.2, 0) is 19.0 Å². The van der Waals surface area contributed by atoms with Crippen molar-refractivity contribution in [1.29, 1.82) is 0 Å². The molecule has 1 aliphatic heterocycles. The molecule has 0 spiro atoms. The first kappa shape index (κ1) is 32.3. The summed E-state index contributed by atoms with van der Waals surface area (Å²) in [7, 11) is 0. The molecule has 0 radical (unpaired) electrons. The molecule has 0 aliphatic carbocycles. The van der Waals surface area contributed by atoms with E-state index in [-0.39, 0.29) is 51.7 Å². The predicted octanol–water partition coefficient (Wildman–Crippen LogP) is -5.33. The van der Waals surface area contributed by atoms with Crippen LogP contribution >= 0.6 is 0 Å². The van der Waals surface area contributed by atoms with Crippen molar-refractivity contribution in [3.63, 3.8) is 0 Å². The second-order valence-corrected chi connectivity index (χ2v) is 7.98. The number of carbonyl (C=O) groups excluding carboxylic acids is 1. The average Bonchev–Trinajstić information content (AvgIpc) is 2.87. The Morgan fingerprint density at radius 3 is 2.42 bits per heavy atom. The normalized spacial score (nSPS) is 27.5. The van der Waals surface area contributed by atoms with Gasteiger partial charge in [0.2, 0.25) is 5.91 Å². The van der Waals surface area contributed by atoms with Crippen LogP contribution in [0.1, 0.15) is 6.42 Å². The molecule has 10 N–H and O–H groups in total. The molecule has 0 bridgehead atoms. The van der Waals surface area contributed by atoms with Gasteiger partial charge in [0, 0.05) is 37.5 Å². The highest BCUT2D eigenvalue weighted by Gasteiger charge is 2.46. The largest absolute Gasteiger partial charge is 0.394 e. The van der Waals surface area contributed by atoms with Gasteiger partial charge in [0.25, 0.3) is 0 Å². The summed E-state index contributed by atoms with van der Waals surface area (Å²) in [6, 6.07) is 0. The fraction of sp³-hybridized carbons (Fsp3) is 0.947. The van der Waals surface area contributed by atoms with Crippen molar-refractivity contribution in [2.75, 3.05) is 52.6 Å². The van der Waals surface area contributed by atoms with Gasteiger partial charge in [0.05, 0.1) is 32.5 Å². The molecule has 1 fully saturated rings. The average molecular weight is 528 g/mol. The number of ether oxygens (including phenoxy) is 3. The third-order valence-corrected chi connectivity index (χ3v) is 5.29. The van der Waals surface area contributed by atoms with Gasteiger partial charge in [-0.15, -0.1) is 0 Å². The van der Waals surface area contributed by atoms with Gasteiger partial charge in [-0.1, -0.05) is 5.11 Å². The molecule has 0 aromatic carbocycles. The topological polar surface area (TPSA) is 279 Å². The number of nitrogens with zero attached hydrogens (tertiary/aromatic N) is 3. The van der Waals surface area contributed by atoms with Crippen LogP contribution in [0.5, 0.6) is 0 Å². The highest BCUT2D eigenvalue weighted by atomic mass is 16.7. The fourth-order valence-corrected chi connectivity index (χ4v) is 3.22. The minimum Gasteiger partial charge on any atom is -0.394 e. The van der Waals surface area contributed by atoms with Crippen molar-refractivity contribution < 1.29 is 59.9 Å². The number of aliphatic hydroxyl groups is 8. The Labute approximate surface area is 206 Å². The van der Waals surface area contributed by atoms with E-state index in [4.69, 9.17) is 19.7 Å². The molecule has 0 aromatic rings. The van der Waals surface area contributed by atoms with Crippen molar-refractivity contribution in [3.05, 3.63) is 10.4 Å². The van der Waals surface area contributed by atoms with Crippen molar-refractivity contribution in [1.82, 2.24) is 10.6 Å². The maximum absolute atomic E-state index is 11.7. The van der Waals surface area contributed by atoms with Crippen LogP contribution in [0, 0.1) is 0 Å². The van der Waals surface area contributed by atoms with E-state index in [9.17, 15) is 45.6 Å². The van der Waals surface area contributed by atoms with E-state index < -0.39 is 68.3 Å². The van der Waals surface area contributed by atoms with Crippen LogP contribution in [0.3, 0.4) is 0 Å². The van der Waals surface area contributed by atoms with Gasteiger partial charge >= 0.3 is 0 Å². The summed E-state index contributed by atoms with van der Waals surface area (Å²) < 4.78 is 15.6. The molecule has 1 saturated heterocycles. The lowest BCUT2D eigenvalue weighted by molar-refractivity contribution is -0.327. The van der Waals surface area contributed by atoms with Gasteiger partial charge in [-0.2, -0.15) is 0 Å². The smallest absolute Gasteiger partial charge is 0.222 e. The number of azide groups is 1. The Kier molecular flexibility index (Phi) is 15.9. The van der Waals surface area contributed by atoms with Crippen molar-refractivity contribution in [2.24, 2.45) is 5.11 Å². The quantitative estimate of drug-likeness (QED) is 0.0345. The summed E-state index contributed by atoms with van der Waals surface area (Å²) in [5.41, 5.74) is 8.13. The maximum Gasteiger partial charge on any atom is 0.222 e. The van der Waals surface area contributed by atoms with Gasteiger partial charge in [-0.05, 0) is 5.53 Å². The van der Waals surface area contributed by atoms with Gasteiger partial charge in [-0.25, -0.2) is 0 Å². The zero-order valence-electron chi connectivity index (χ0n) is 19.6. The number of aliphatic hydroxyl groups excluding tert-OH is 8. The first-order valence-corrected chi connectivity index (χ1v) is 11.3. The molecule has 210 valence electrons. The summed E-state index contributed by atoms with van der Waals surface area (Å²) in [4.78, 5) is 14.3. The van der Waals surface area contributed by atoms with Crippen LogP contribution in [0.25, 0.3) is 10.4 Å². The number of carbonyl (C=O) groups is 1. The highest BCUT2D eigenvalue weighted by molar-refractivity contribution is 5.75. The van der Waals surface area contributed by atoms with Crippen molar-refractivity contribution >= 4 is 5.91 Å². The van der Waals surface area contributed by atoms with Crippen LogP contribution in [-0.4, -0.2) is 154 Å². The van der Waals surface area contributed by atoms with E-state index in [1.54, 1.807) is 0 Å². The van der Waals surface area contributed by atoms with Gasteiger partial charge < -0.3 is 65.7 Å². The lowest BCUT2D eigenvalue weighted by atomic mass is 9.98. The zero-order chi connectivity index (χ0) is 27.1. The molecule has 0 unspecified atom stereocenters. The summed E-state index contributed by atoms with van der Waals surface area (Å²) in [5.74, 6) is -0.291. The zero-order valence-corrected chi connectivity index (χ0v) is 19.6. The van der Waals surface area contributed by atoms with Gasteiger partial charge in [0.15, 0.2) is 6.29 Å². The second-order valence-electron chi connectivity index (χ2n) is 7.98. The highest BCUT2D eigenvalue weighted by Crippen LogP contribution is 2.24. The Morgan fingerprint density at radius 1 is 1.06 bits per heavy atom. The number of hydrogen-bond acceptors (Lipinski definition) is 14. The van der Waals surface area contributed by atoms with Crippen LogP contribution in [0.15, 0.2) is 5.11 Å².